The molecule has 0 saturated carbocycles. The lowest BCUT2D eigenvalue weighted by atomic mass is 10.0. The van der Waals surface area contributed by atoms with Crippen LogP contribution in [0.3, 0.4) is 0 Å². The zero-order valence-electron chi connectivity index (χ0n) is 9.69. The molecule has 0 fully saturated rings. The van der Waals surface area contributed by atoms with Crippen molar-refractivity contribution in [1.29, 1.82) is 0 Å². The quantitative estimate of drug-likeness (QED) is 0.796. The Hall–Kier alpha value is -1.71. The summed E-state index contributed by atoms with van der Waals surface area (Å²) in [5, 5.41) is 9.28. The minimum Gasteiger partial charge on any atom is -0.508 e. The molecule has 4 heteroatoms. The van der Waals surface area contributed by atoms with Crippen molar-refractivity contribution in [2.45, 2.75) is 25.9 Å². The highest BCUT2D eigenvalue weighted by molar-refractivity contribution is 5.79. The van der Waals surface area contributed by atoms with Crippen LogP contribution in [-0.2, 0) is 9.53 Å². The lowest BCUT2D eigenvalue weighted by Crippen LogP contribution is -2.41. The second-order valence-electron chi connectivity index (χ2n) is 3.68. The molecule has 0 aliphatic carbocycles. The van der Waals surface area contributed by atoms with Crippen LogP contribution in [0, 0.1) is 0 Å². The van der Waals surface area contributed by atoms with Crippen LogP contribution in [0.1, 0.15) is 20.3 Å². The van der Waals surface area contributed by atoms with Gasteiger partial charge in [-0.3, -0.25) is 0 Å². The van der Waals surface area contributed by atoms with E-state index in [-0.39, 0.29) is 5.75 Å². The predicted octanol–water partition coefficient (Wildman–Crippen LogP) is 2.11. The molecule has 0 spiro atoms. The Morgan fingerprint density at radius 2 is 2.19 bits per heavy atom. The number of hydrogen-bond acceptors (Lipinski definition) is 4. The SMILES string of the molecule is CCC(C)(Oc1cccc(O)c1)C(=O)OC. The van der Waals surface area contributed by atoms with Crippen LogP contribution < -0.4 is 4.74 Å². The Morgan fingerprint density at radius 1 is 1.50 bits per heavy atom. The normalized spacial score (nSPS) is 13.9. The van der Waals surface area contributed by atoms with Crippen molar-refractivity contribution < 1.29 is 19.4 Å². The van der Waals surface area contributed by atoms with Gasteiger partial charge in [-0.05, 0) is 25.5 Å². The van der Waals surface area contributed by atoms with E-state index in [0.29, 0.717) is 12.2 Å². The van der Waals surface area contributed by atoms with Gasteiger partial charge in [0.1, 0.15) is 11.5 Å². The highest BCUT2D eigenvalue weighted by Gasteiger charge is 2.34. The first-order valence-electron chi connectivity index (χ1n) is 5.08. The second kappa shape index (κ2) is 4.88. The molecule has 0 radical (unpaired) electrons. The number of phenols is 1. The zero-order valence-corrected chi connectivity index (χ0v) is 9.69. The molecule has 0 aliphatic heterocycles. The van der Waals surface area contributed by atoms with Gasteiger partial charge in [-0.2, -0.15) is 0 Å². The third-order valence-electron chi connectivity index (χ3n) is 2.45. The maximum Gasteiger partial charge on any atom is 0.349 e. The number of hydrogen-bond donors (Lipinski definition) is 1. The molecular weight excluding hydrogens is 208 g/mol. The molecule has 0 heterocycles. The summed E-state index contributed by atoms with van der Waals surface area (Å²) in [4.78, 5) is 11.5. The summed E-state index contributed by atoms with van der Waals surface area (Å²) in [6.07, 6.45) is 0.481. The van der Waals surface area contributed by atoms with E-state index >= 15 is 0 Å². The third kappa shape index (κ3) is 2.66. The van der Waals surface area contributed by atoms with E-state index in [1.807, 2.05) is 6.92 Å². The van der Waals surface area contributed by atoms with Crippen molar-refractivity contribution in [1.82, 2.24) is 0 Å². The molecule has 0 bridgehead atoms. The van der Waals surface area contributed by atoms with Crippen molar-refractivity contribution in [3.8, 4) is 11.5 Å². The summed E-state index contributed by atoms with van der Waals surface area (Å²) in [7, 11) is 1.32. The summed E-state index contributed by atoms with van der Waals surface area (Å²) >= 11 is 0. The number of benzene rings is 1. The van der Waals surface area contributed by atoms with Crippen molar-refractivity contribution in [3.05, 3.63) is 24.3 Å². The molecular formula is C12H16O4. The largest absolute Gasteiger partial charge is 0.508 e. The van der Waals surface area contributed by atoms with Gasteiger partial charge in [0.05, 0.1) is 7.11 Å². The number of ether oxygens (including phenoxy) is 2. The number of carbonyl (C=O) groups is 1. The standard InChI is InChI=1S/C12H16O4/c1-4-12(2,11(14)15-3)16-10-7-5-6-9(13)8-10/h5-8,13H,4H2,1-3H3. The predicted molar refractivity (Wildman–Crippen MR) is 59.4 cm³/mol. The minimum absolute atomic E-state index is 0.0980. The van der Waals surface area contributed by atoms with Crippen LogP contribution in [0.15, 0.2) is 24.3 Å². The number of aromatic hydroxyl groups is 1. The molecule has 1 rings (SSSR count). The average molecular weight is 224 g/mol. The van der Waals surface area contributed by atoms with E-state index in [9.17, 15) is 9.90 Å². The Kier molecular flexibility index (Phi) is 3.77. The highest BCUT2D eigenvalue weighted by Crippen LogP contribution is 2.25. The van der Waals surface area contributed by atoms with Crippen LogP contribution in [0.5, 0.6) is 11.5 Å². The van der Waals surface area contributed by atoms with Gasteiger partial charge >= 0.3 is 5.97 Å². The molecule has 1 atom stereocenters. The first-order chi connectivity index (χ1) is 7.51. The second-order valence-corrected chi connectivity index (χ2v) is 3.68. The van der Waals surface area contributed by atoms with Gasteiger partial charge < -0.3 is 14.6 Å². The number of methoxy groups -OCH3 is 1. The van der Waals surface area contributed by atoms with E-state index < -0.39 is 11.6 Å². The van der Waals surface area contributed by atoms with Gasteiger partial charge in [0.15, 0.2) is 0 Å². The van der Waals surface area contributed by atoms with Crippen LogP contribution in [-0.4, -0.2) is 23.8 Å². The first-order valence-corrected chi connectivity index (χ1v) is 5.08. The Morgan fingerprint density at radius 3 is 2.69 bits per heavy atom. The maximum atomic E-state index is 11.5. The molecule has 1 aromatic carbocycles. The zero-order chi connectivity index (χ0) is 12.2. The number of phenolic OH excluding ortho intramolecular Hbond substituents is 1. The van der Waals surface area contributed by atoms with E-state index in [0.717, 1.165) is 0 Å². The molecule has 0 aromatic heterocycles. The summed E-state index contributed by atoms with van der Waals surface area (Å²) in [6, 6.07) is 6.32. The maximum absolute atomic E-state index is 11.5. The Balaban J connectivity index is 2.89. The van der Waals surface area contributed by atoms with Gasteiger partial charge in [0, 0.05) is 6.07 Å². The summed E-state index contributed by atoms with van der Waals surface area (Å²) < 4.78 is 10.2. The van der Waals surface area contributed by atoms with Crippen LogP contribution in [0.2, 0.25) is 0 Å². The summed E-state index contributed by atoms with van der Waals surface area (Å²) in [5.74, 6) is 0.105. The number of carbonyl (C=O) groups excluding carboxylic acids is 1. The van der Waals surface area contributed by atoms with Crippen molar-refractivity contribution in [3.63, 3.8) is 0 Å². The van der Waals surface area contributed by atoms with Crippen LogP contribution in [0.4, 0.5) is 0 Å². The number of rotatable bonds is 4. The van der Waals surface area contributed by atoms with Crippen LogP contribution in [0.25, 0.3) is 0 Å². The number of esters is 1. The van der Waals surface area contributed by atoms with E-state index in [1.54, 1.807) is 19.1 Å². The fourth-order valence-corrected chi connectivity index (χ4v) is 1.28. The lowest BCUT2D eigenvalue weighted by molar-refractivity contribution is -0.157. The topological polar surface area (TPSA) is 55.8 Å². The monoisotopic (exact) mass is 224 g/mol. The minimum atomic E-state index is -1.03. The molecule has 0 amide bonds. The van der Waals surface area contributed by atoms with E-state index in [4.69, 9.17) is 4.74 Å². The highest BCUT2D eigenvalue weighted by atomic mass is 16.6. The lowest BCUT2D eigenvalue weighted by Gasteiger charge is -2.26. The van der Waals surface area contributed by atoms with Gasteiger partial charge in [0.25, 0.3) is 0 Å². The van der Waals surface area contributed by atoms with E-state index in [1.165, 1.54) is 19.2 Å². The molecule has 1 N–H and O–H groups in total. The summed E-state index contributed by atoms with van der Waals surface area (Å²) in [5.41, 5.74) is -1.03. The Bertz CT molecular complexity index is 375. The molecule has 88 valence electrons. The molecule has 4 nitrogen and oxygen atoms in total. The first kappa shape index (κ1) is 12.4. The smallest absolute Gasteiger partial charge is 0.349 e. The van der Waals surface area contributed by atoms with Crippen LogP contribution >= 0.6 is 0 Å². The molecule has 0 aliphatic rings. The summed E-state index contributed by atoms with van der Waals surface area (Å²) in [6.45, 7) is 3.49. The fraction of sp³-hybridized carbons (Fsp3) is 0.417. The van der Waals surface area contributed by atoms with Gasteiger partial charge in [-0.15, -0.1) is 0 Å². The van der Waals surface area contributed by atoms with Crippen molar-refractivity contribution in [2.24, 2.45) is 0 Å². The molecule has 0 saturated heterocycles. The van der Waals surface area contributed by atoms with E-state index in [2.05, 4.69) is 4.74 Å². The van der Waals surface area contributed by atoms with Crippen molar-refractivity contribution >= 4 is 5.97 Å². The fourth-order valence-electron chi connectivity index (χ4n) is 1.28. The van der Waals surface area contributed by atoms with Gasteiger partial charge in [-0.1, -0.05) is 13.0 Å². The Labute approximate surface area is 94.8 Å². The van der Waals surface area contributed by atoms with Gasteiger partial charge in [-0.25, -0.2) is 4.79 Å². The van der Waals surface area contributed by atoms with Gasteiger partial charge in [0.2, 0.25) is 5.60 Å². The molecule has 16 heavy (non-hydrogen) atoms. The third-order valence-corrected chi connectivity index (χ3v) is 2.45. The van der Waals surface area contributed by atoms with Crippen molar-refractivity contribution in [2.75, 3.05) is 7.11 Å². The molecule has 1 aromatic rings. The molecule has 1 unspecified atom stereocenters. The average Bonchev–Trinajstić information content (AvgIpc) is 2.27.